The number of nitrogens with zero attached hydrogens (tertiary/aromatic N) is 1. The number of benzene rings is 1. The van der Waals surface area contributed by atoms with Crippen molar-refractivity contribution >= 4 is 17.3 Å². The zero-order valence-corrected chi connectivity index (χ0v) is 12.4. The number of carboxylic acids is 1. The molecule has 1 heterocycles. The molecule has 3 rings (SSSR count). The predicted molar refractivity (Wildman–Crippen MR) is 81.6 cm³/mol. The third-order valence-corrected chi connectivity index (χ3v) is 4.60. The first-order chi connectivity index (χ1) is 10.2. The molecule has 0 saturated heterocycles. The zero-order chi connectivity index (χ0) is 14.7. The van der Waals surface area contributed by atoms with Gasteiger partial charge in [-0.15, -0.1) is 11.3 Å². The van der Waals surface area contributed by atoms with Crippen LogP contribution in [0.15, 0.2) is 29.6 Å². The average Bonchev–Trinajstić information content (AvgIpc) is 3.17. The Morgan fingerprint density at radius 3 is 2.62 bits per heavy atom. The highest BCUT2D eigenvalue weighted by Gasteiger charge is 2.15. The number of carbonyl (C=O) groups is 1. The van der Waals surface area contributed by atoms with Gasteiger partial charge in [0.05, 0.1) is 12.7 Å². The minimum Gasteiger partial charge on any atom is -0.476 e. The van der Waals surface area contributed by atoms with Gasteiger partial charge >= 0.3 is 5.97 Å². The fraction of sp³-hybridized carbons (Fsp3) is 0.375. The number of ether oxygens (including phenoxy) is 1. The molecule has 1 aliphatic carbocycles. The first kappa shape index (κ1) is 14.2. The Morgan fingerprint density at radius 1 is 1.29 bits per heavy atom. The molecule has 21 heavy (non-hydrogen) atoms. The summed E-state index contributed by atoms with van der Waals surface area (Å²) in [4.78, 5) is 14.9. The minimum atomic E-state index is -0.987. The highest BCUT2D eigenvalue weighted by molar-refractivity contribution is 7.13. The second-order valence-corrected chi connectivity index (χ2v) is 6.12. The number of aromatic carboxylic acids is 1. The van der Waals surface area contributed by atoms with Crippen molar-refractivity contribution in [2.75, 3.05) is 0 Å². The quantitative estimate of drug-likeness (QED) is 0.908. The van der Waals surface area contributed by atoms with Gasteiger partial charge in [0.2, 0.25) is 0 Å². The standard InChI is InChI=1S/C16H17NO3S/c18-16(19)14-10-21-15(17-14)12-7-5-11(6-8-12)9-20-13-3-1-2-4-13/h5-8,10,13H,1-4,9H2,(H,18,19). The van der Waals surface area contributed by atoms with Gasteiger partial charge in [-0.1, -0.05) is 37.1 Å². The Morgan fingerprint density at radius 2 is 2.00 bits per heavy atom. The number of carboxylic acid groups (broad SMARTS) is 1. The number of hydrogen-bond acceptors (Lipinski definition) is 4. The van der Waals surface area contributed by atoms with Crippen molar-refractivity contribution in [3.05, 3.63) is 40.9 Å². The summed E-state index contributed by atoms with van der Waals surface area (Å²) in [5, 5.41) is 11.2. The lowest BCUT2D eigenvalue weighted by molar-refractivity contribution is 0.0457. The lowest BCUT2D eigenvalue weighted by Crippen LogP contribution is -2.06. The molecule has 1 aromatic carbocycles. The Balaban J connectivity index is 1.63. The molecule has 1 aliphatic rings. The monoisotopic (exact) mass is 303 g/mol. The Kier molecular flexibility index (Phi) is 4.31. The van der Waals surface area contributed by atoms with Crippen molar-refractivity contribution in [2.45, 2.75) is 38.4 Å². The maximum atomic E-state index is 10.8. The molecular formula is C16H17NO3S. The van der Waals surface area contributed by atoms with Crippen LogP contribution < -0.4 is 0 Å². The molecular weight excluding hydrogens is 286 g/mol. The van der Waals surface area contributed by atoms with E-state index in [1.807, 2.05) is 24.3 Å². The minimum absolute atomic E-state index is 0.101. The van der Waals surface area contributed by atoms with Crippen molar-refractivity contribution < 1.29 is 14.6 Å². The van der Waals surface area contributed by atoms with Crippen molar-refractivity contribution in [3.8, 4) is 10.6 Å². The molecule has 1 N–H and O–H groups in total. The van der Waals surface area contributed by atoms with E-state index in [-0.39, 0.29) is 5.69 Å². The van der Waals surface area contributed by atoms with E-state index >= 15 is 0 Å². The summed E-state index contributed by atoms with van der Waals surface area (Å²) in [7, 11) is 0. The Labute approximate surface area is 127 Å². The van der Waals surface area contributed by atoms with Gasteiger partial charge in [0.25, 0.3) is 0 Å². The first-order valence-corrected chi connectivity index (χ1v) is 8.00. The van der Waals surface area contributed by atoms with Crippen molar-refractivity contribution in [2.24, 2.45) is 0 Å². The largest absolute Gasteiger partial charge is 0.476 e. The van der Waals surface area contributed by atoms with E-state index in [4.69, 9.17) is 9.84 Å². The second kappa shape index (κ2) is 6.37. The summed E-state index contributed by atoms with van der Waals surface area (Å²) in [6.07, 6.45) is 5.32. The molecule has 1 aromatic heterocycles. The van der Waals surface area contributed by atoms with Crippen LogP contribution in [-0.4, -0.2) is 22.2 Å². The van der Waals surface area contributed by atoms with E-state index in [1.54, 1.807) is 5.38 Å². The van der Waals surface area contributed by atoms with E-state index in [0.717, 1.165) is 16.1 Å². The van der Waals surface area contributed by atoms with Crippen molar-refractivity contribution in [1.82, 2.24) is 4.98 Å². The van der Waals surface area contributed by atoms with Crippen LogP contribution >= 0.6 is 11.3 Å². The molecule has 0 bridgehead atoms. The molecule has 110 valence electrons. The summed E-state index contributed by atoms with van der Waals surface area (Å²) in [6.45, 7) is 0.642. The smallest absolute Gasteiger partial charge is 0.355 e. The fourth-order valence-electron chi connectivity index (χ4n) is 2.52. The number of aromatic nitrogens is 1. The lowest BCUT2D eigenvalue weighted by Gasteiger charge is -2.11. The Bertz CT molecular complexity index is 615. The van der Waals surface area contributed by atoms with Crippen LogP contribution in [0.2, 0.25) is 0 Å². The van der Waals surface area contributed by atoms with Gasteiger partial charge < -0.3 is 9.84 Å². The molecule has 0 atom stereocenters. The zero-order valence-electron chi connectivity index (χ0n) is 11.6. The summed E-state index contributed by atoms with van der Waals surface area (Å²) in [5.41, 5.74) is 2.18. The topological polar surface area (TPSA) is 59.4 Å². The summed E-state index contributed by atoms with van der Waals surface area (Å²) < 4.78 is 5.88. The second-order valence-electron chi connectivity index (χ2n) is 5.26. The van der Waals surface area contributed by atoms with Crippen molar-refractivity contribution in [3.63, 3.8) is 0 Å². The average molecular weight is 303 g/mol. The van der Waals surface area contributed by atoms with Gasteiger partial charge in [0, 0.05) is 10.9 Å². The number of thiazole rings is 1. The van der Waals surface area contributed by atoms with Gasteiger partial charge in [-0.25, -0.2) is 9.78 Å². The SMILES string of the molecule is O=C(O)c1csc(-c2ccc(COC3CCCC3)cc2)n1. The van der Waals surface area contributed by atoms with Crippen LogP contribution in [0.3, 0.4) is 0 Å². The van der Waals surface area contributed by atoms with Gasteiger partial charge in [0.1, 0.15) is 5.01 Å². The van der Waals surface area contributed by atoms with Gasteiger partial charge in [-0.3, -0.25) is 0 Å². The van der Waals surface area contributed by atoms with Gasteiger partial charge in [0.15, 0.2) is 5.69 Å². The van der Waals surface area contributed by atoms with Crippen LogP contribution in [0, 0.1) is 0 Å². The molecule has 1 saturated carbocycles. The predicted octanol–water partition coefficient (Wildman–Crippen LogP) is 3.97. The van der Waals surface area contributed by atoms with E-state index in [9.17, 15) is 4.79 Å². The highest BCUT2D eigenvalue weighted by atomic mass is 32.1. The molecule has 0 radical (unpaired) electrons. The van der Waals surface area contributed by atoms with E-state index in [0.29, 0.717) is 12.7 Å². The van der Waals surface area contributed by atoms with Crippen LogP contribution in [-0.2, 0) is 11.3 Å². The first-order valence-electron chi connectivity index (χ1n) is 7.12. The molecule has 0 unspecified atom stereocenters. The van der Waals surface area contributed by atoms with E-state index in [2.05, 4.69) is 4.98 Å². The molecule has 4 nitrogen and oxygen atoms in total. The summed E-state index contributed by atoms with van der Waals surface area (Å²) in [6, 6.07) is 7.98. The number of rotatable bonds is 5. The van der Waals surface area contributed by atoms with Crippen LogP contribution in [0.25, 0.3) is 10.6 Å². The third kappa shape index (κ3) is 3.49. The third-order valence-electron chi connectivity index (χ3n) is 3.71. The maximum absolute atomic E-state index is 10.8. The van der Waals surface area contributed by atoms with Gasteiger partial charge in [-0.05, 0) is 18.4 Å². The fourth-order valence-corrected chi connectivity index (χ4v) is 3.32. The van der Waals surface area contributed by atoms with E-state index in [1.165, 1.54) is 37.0 Å². The van der Waals surface area contributed by atoms with Crippen LogP contribution in [0.1, 0.15) is 41.7 Å². The molecule has 0 amide bonds. The molecule has 0 spiro atoms. The molecule has 0 aliphatic heterocycles. The van der Waals surface area contributed by atoms with Gasteiger partial charge in [-0.2, -0.15) is 0 Å². The summed E-state index contributed by atoms with van der Waals surface area (Å²) in [5.74, 6) is -0.987. The van der Waals surface area contributed by atoms with Crippen LogP contribution in [0.5, 0.6) is 0 Å². The molecule has 2 aromatic rings. The van der Waals surface area contributed by atoms with E-state index < -0.39 is 5.97 Å². The normalized spacial score (nSPS) is 15.4. The van der Waals surface area contributed by atoms with Crippen molar-refractivity contribution in [1.29, 1.82) is 0 Å². The molecule has 5 heteroatoms. The summed E-state index contributed by atoms with van der Waals surface area (Å²) >= 11 is 1.35. The Hall–Kier alpha value is -1.72. The number of hydrogen-bond donors (Lipinski definition) is 1. The highest BCUT2D eigenvalue weighted by Crippen LogP contribution is 2.25. The molecule has 1 fully saturated rings. The lowest BCUT2D eigenvalue weighted by atomic mass is 10.1. The maximum Gasteiger partial charge on any atom is 0.355 e. The van der Waals surface area contributed by atoms with Crippen LogP contribution in [0.4, 0.5) is 0 Å².